The van der Waals surface area contributed by atoms with Gasteiger partial charge >= 0.3 is 0 Å². The van der Waals surface area contributed by atoms with Crippen molar-refractivity contribution in [2.24, 2.45) is 0 Å². The van der Waals surface area contributed by atoms with Gasteiger partial charge in [-0.2, -0.15) is 5.10 Å². The van der Waals surface area contributed by atoms with E-state index in [1.54, 1.807) is 6.07 Å². The molecule has 1 aromatic heterocycles. The van der Waals surface area contributed by atoms with Crippen molar-refractivity contribution < 1.29 is 4.79 Å². The van der Waals surface area contributed by atoms with Gasteiger partial charge in [0.25, 0.3) is 5.91 Å². The number of nitrogens with zero attached hydrogens (tertiary/aromatic N) is 2. The fourth-order valence-electron chi connectivity index (χ4n) is 2.29. The van der Waals surface area contributed by atoms with Gasteiger partial charge in [-0.15, -0.1) is 0 Å². The standard InChI is InChI=1S/C16H16N4O/c1-20(2)14-10-6-4-8-12(14)16(21)17-15-11-7-3-5-9-13(11)18-19-15/h3-10H,1-2H3,(H2,17,18,19,21). The van der Waals surface area contributed by atoms with E-state index in [2.05, 4.69) is 15.5 Å². The monoisotopic (exact) mass is 280 g/mol. The molecule has 21 heavy (non-hydrogen) atoms. The van der Waals surface area contributed by atoms with E-state index >= 15 is 0 Å². The molecule has 3 aromatic rings. The molecule has 106 valence electrons. The van der Waals surface area contributed by atoms with Crippen LogP contribution in [0.4, 0.5) is 11.5 Å². The lowest BCUT2D eigenvalue weighted by molar-refractivity contribution is 0.102. The highest BCUT2D eigenvalue weighted by Gasteiger charge is 2.14. The van der Waals surface area contributed by atoms with Crippen molar-refractivity contribution in [3.63, 3.8) is 0 Å². The van der Waals surface area contributed by atoms with Crippen molar-refractivity contribution in [3.8, 4) is 0 Å². The van der Waals surface area contributed by atoms with Crippen LogP contribution in [0.25, 0.3) is 10.9 Å². The van der Waals surface area contributed by atoms with E-state index in [-0.39, 0.29) is 5.91 Å². The Labute approximate surface area is 122 Å². The smallest absolute Gasteiger partial charge is 0.258 e. The number of benzene rings is 2. The van der Waals surface area contributed by atoms with Crippen molar-refractivity contribution >= 4 is 28.3 Å². The van der Waals surface area contributed by atoms with Gasteiger partial charge in [-0.1, -0.05) is 24.3 Å². The van der Waals surface area contributed by atoms with Crippen LogP contribution in [0.3, 0.4) is 0 Å². The molecule has 5 heteroatoms. The van der Waals surface area contributed by atoms with E-state index in [0.29, 0.717) is 11.4 Å². The largest absolute Gasteiger partial charge is 0.377 e. The van der Waals surface area contributed by atoms with Crippen LogP contribution in [-0.4, -0.2) is 30.2 Å². The minimum absolute atomic E-state index is 0.170. The number of H-pyrrole nitrogens is 1. The zero-order valence-electron chi connectivity index (χ0n) is 11.9. The van der Waals surface area contributed by atoms with Crippen LogP contribution in [0.2, 0.25) is 0 Å². The zero-order chi connectivity index (χ0) is 14.8. The van der Waals surface area contributed by atoms with Crippen LogP contribution in [0, 0.1) is 0 Å². The summed E-state index contributed by atoms with van der Waals surface area (Å²) >= 11 is 0. The number of carbonyl (C=O) groups is 1. The summed E-state index contributed by atoms with van der Waals surface area (Å²) in [5.74, 6) is 0.376. The highest BCUT2D eigenvalue weighted by Crippen LogP contribution is 2.23. The summed E-state index contributed by atoms with van der Waals surface area (Å²) in [7, 11) is 3.83. The Morgan fingerprint density at radius 3 is 2.62 bits per heavy atom. The number of aromatic nitrogens is 2. The first-order chi connectivity index (χ1) is 10.2. The molecule has 0 atom stereocenters. The Hall–Kier alpha value is -2.82. The molecule has 0 spiro atoms. The molecule has 0 unspecified atom stereocenters. The van der Waals surface area contributed by atoms with Crippen LogP contribution in [0.1, 0.15) is 10.4 Å². The molecule has 0 fully saturated rings. The molecule has 0 saturated carbocycles. The Bertz CT molecular complexity index is 792. The lowest BCUT2D eigenvalue weighted by Crippen LogP contribution is -2.18. The van der Waals surface area contributed by atoms with Crippen LogP contribution in [-0.2, 0) is 0 Å². The number of rotatable bonds is 3. The van der Waals surface area contributed by atoms with Gasteiger partial charge in [0, 0.05) is 25.2 Å². The molecule has 1 heterocycles. The van der Waals surface area contributed by atoms with E-state index in [4.69, 9.17) is 0 Å². The van der Waals surface area contributed by atoms with Gasteiger partial charge in [0.2, 0.25) is 0 Å². The number of nitrogens with one attached hydrogen (secondary N) is 2. The normalized spacial score (nSPS) is 10.6. The van der Waals surface area contributed by atoms with Crippen molar-refractivity contribution in [2.45, 2.75) is 0 Å². The quantitative estimate of drug-likeness (QED) is 0.775. The van der Waals surface area contributed by atoms with Crippen LogP contribution >= 0.6 is 0 Å². The third kappa shape index (κ3) is 2.45. The third-order valence-corrected chi connectivity index (χ3v) is 3.33. The number of anilines is 2. The summed E-state index contributed by atoms with van der Waals surface area (Å²) in [6.45, 7) is 0. The van der Waals surface area contributed by atoms with E-state index in [0.717, 1.165) is 16.6 Å². The fraction of sp³-hybridized carbons (Fsp3) is 0.125. The number of fused-ring (bicyclic) bond motifs is 1. The van der Waals surface area contributed by atoms with Crippen molar-refractivity contribution in [3.05, 3.63) is 54.1 Å². The fourth-order valence-corrected chi connectivity index (χ4v) is 2.29. The Kier molecular flexibility index (Phi) is 3.31. The molecular formula is C16H16N4O. The second-order valence-corrected chi connectivity index (χ2v) is 4.98. The zero-order valence-corrected chi connectivity index (χ0v) is 11.9. The molecule has 0 saturated heterocycles. The molecule has 0 aliphatic rings. The van der Waals surface area contributed by atoms with Gasteiger partial charge in [-0.05, 0) is 24.3 Å². The maximum atomic E-state index is 12.5. The van der Waals surface area contributed by atoms with Gasteiger partial charge in [-0.25, -0.2) is 0 Å². The number of carbonyl (C=O) groups excluding carboxylic acids is 1. The first-order valence-corrected chi connectivity index (χ1v) is 6.67. The van der Waals surface area contributed by atoms with Crippen molar-refractivity contribution in [1.29, 1.82) is 0 Å². The first kappa shape index (κ1) is 13.2. The summed E-state index contributed by atoms with van der Waals surface area (Å²) in [5.41, 5.74) is 2.39. The molecule has 0 aliphatic carbocycles. The molecule has 3 rings (SSSR count). The molecule has 1 amide bonds. The topological polar surface area (TPSA) is 61.0 Å². The van der Waals surface area contributed by atoms with Gasteiger partial charge in [0.1, 0.15) is 0 Å². The van der Waals surface area contributed by atoms with E-state index in [9.17, 15) is 4.79 Å². The number of aromatic amines is 1. The minimum atomic E-state index is -0.170. The van der Waals surface area contributed by atoms with Gasteiger partial charge in [0.15, 0.2) is 5.82 Å². The summed E-state index contributed by atoms with van der Waals surface area (Å²) in [5, 5.41) is 10.8. The second-order valence-electron chi connectivity index (χ2n) is 4.98. The van der Waals surface area contributed by atoms with Crippen LogP contribution in [0.5, 0.6) is 0 Å². The number of hydrogen-bond acceptors (Lipinski definition) is 3. The third-order valence-electron chi connectivity index (χ3n) is 3.33. The predicted molar refractivity (Wildman–Crippen MR) is 84.8 cm³/mol. The molecule has 5 nitrogen and oxygen atoms in total. The lowest BCUT2D eigenvalue weighted by atomic mass is 10.1. The maximum Gasteiger partial charge on any atom is 0.258 e. The number of amides is 1. The summed E-state index contributed by atoms with van der Waals surface area (Å²) in [6.07, 6.45) is 0. The van der Waals surface area contributed by atoms with E-state index in [1.165, 1.54) is 0 Å². The second kappa shape index (κ2) is 5.28. The molecule has 0 radical (unpaired) electrons. The van der Waals surface area contributed by atoms with Gasteiger partial charge in [-0.3, -0.25) is 9.89 Å². The molecular weight excluding hydrogens is 264 g/mol. The summed E-state index contributed by atoms with van der Waals surface area (Å²) < 4.78 is 0. The molecule has 2 N–H and O–H groups in total. The predicted octanol–water partition coefficient (Wildman–Crippen LogP) is 2.88. The van der Waals surface area contributed by atoms with Gasteiger partial charge in [0.05, 0.1) is 11.1 Å². The maximum absolute atomic E-state index is 12.5. The number of para-hydroxylation sites is 2. The highest BCUT2D eigenvalue weighted by molar-refractivity contribution is 6.10. The Morgan fingerprint density at radius 1 is 1.10 bits per heavy atom. The van der Waals surface area contributed by atoms with E-state index < -0.39 is 0 Å². The Balaban J connectivity index is 1.94. The van der Waals surface area contributed by atoms with E-state index in [1.807, 2.05) is 61.5 Å². The number of hydrogen-bond donors (Lipinski definition) is 2. The summed E-state index contributed by atoms with van der Waals surface area (Å²) in [4.78, 5) is 14.4. The average Bonchev–Trinajstić information content (AvgIpc) is 2.90. The lowest BCUT2D eigenvalue weighted by Gasteiger charge is -2.16. The van der Waals surface area contributed by atoms with Crippen LogP contribution < -0.4 is 10.2 Å². The van der Waals surface area contributed by atoms with Crippen LogP contribution in [0.15, 0.2) is 48.5 Å². The minimum Gasteiger partial charge on any atom is -0.377 e. The first-order valence-electron chi connectivity index (χ1n) is 6.67. The molecule has 0 bridgehead atoms. The summed E-state index contributed by atoms with van der Waals surface area (Å²) in [6, 6.07) is 15.2. The Morgan fingerprint density at radius 2 is 1.81 bits per heavy atom. The van der Waals surface area contributed by atoms with Crippen molar-refractivity contribution in [2.75, 3.05) is 24.3 Å². The van der Waals surface area contributed by atoms with Crippen molar-refractivity contribution in [1.82, 2.24) is 10.2 Å². The SMILES string of the molecule is CN(C)c1ccccc1C(=O)Nc1n[nH]c2ccccc12. The van der Waals surface area contributed by atoms with Gasteiger partial charge < -0.3 is 10.2 Å². The highest BCUT2D eigenvalue weighted by atomic mass is 16.1. The average molecular weight is 280 g/mol. The molecule has 0 aliphatic heterocycles. The molecule has 2 aromatic carbocycles.